The van der Waals surface area contributed by atoms with Crippen LogP contribution in [0.1, 0.15) is 16.8 Å². The van der Waals surface area contributed by atoms with E-state index >= 15 is 0 Å². The molecule has 0 saturated carbocycles. The van der Waals surface area contributed by atoms with Gasteiger partial charge >= 0.3 is 5.97 Å². The smallest absolute Gasteiger partial charge is 0.340 e. The molecule has 0 amide bonds. The molecule has 0 radical (unpaired) electrons. The van der Waals surface area contributed by atoms with Gasteiger partial charge in [0.2, 0.25) is 0 Å². The van der Waals surface area contributed by atoms with E-state index in [9.17, 15) is 4.79 Å². The number of hydrogen-bond acceptors (Lipinski definition) is 5. The highest BCUT2D eigenvalue weighted by molar-refractivity contribution is 6.33. The number of esters is 1. The first-order chi connectivity index (χ1) is 9.16. The lowest BCUT2D eigenvalue weighted by Gasteiger charge is -2.08. The molecule has 0 aromatic heterocycles. The van der Waals surface area contributed by atoms with E-state index in [4.69, 9.17) is 31.5 Å². The van der Waals surface area contributed by atoms with E-state index in [0.29, 0.717) is 31.3 Å². The van der Waals surface area contributed by atoms with Gasteiger partial charge < -0.3 is 19.9 Å². The number of ether oxygens (including phenoxy) is 3. The number of carbonyl (C=O) groups is 1. The number of para-hydroxylation sites is 1. The highest BCUT2D eigenvalue weighted by atomic mass is 35.5. The van der Waals surface area contributed by atoms with Gasteiger partial charge in [-0.15, -0.1) is 0 Å². The van der Waals surface area contributed by atoms with Crippen molar-refractivity contribution < 1.29 is 19.0 Å². The minimum Gasteiger partial charge on any atom is -0.462 e. The summed E-state index contributed by atoms with van der Waals surface area (Å²) in [7, 11) is 1.61. The Bertz CT molecular complexity index is 412. The lowest BCUT2D eigenvalue weighted by molar-refractivity contribution is 0.0386. The molecule has 0 heterocycles. The van der Waals surface area contributed by atoms with Gasteiger partial charge in [-0.25, -0.2) is 4.79 Å². The zero-order valence-corrected chi connectivity index (χ0v) is 11.6. The third-order valence-corrected chi connectivity index (χ3v) is 2.70. The van der Waals surface area contributed by atoms with Gasteiger partial charge in [0.1, 0.15) is 0 Å². The Morgan fingerprint density at radius 1 is 1.26 bits per heavy atom. The average Bonchev–Trinajstić information content (AvgIpc) is 2.40. The van der Waals surface area contributed by atoms with E-state index in [1.165, 1.54) is 0 Å². The molecular formula is C13H18ClNO4. The zero-order chi connectivity index (χ0) is 14.1. The third kappa shape index (κ3) is 5.46. The lowest BCUT2D eigenvalue weighted by Crippen LogP contribution is -2.11. The van der Waals surface area contributed by atoms with Crippen LogP contribution in [0.25, 0.3) is 0 Å². The molecule has 1 aromatic carbocycles. The minimum atomic E-state index is -0.475. The summed E-state index contributed by atoms with van der Waals surface area (Å²) in [6.07, 6.45) is 0.621. The summed E-state index contributed by atoms with van der Waals surface area (Å²) in [6, 6.07) is 4.86. The summed E-state index contributed by atoms with van der Waals surface area (Å²) in [6.45, 7) is 1.88. The number of halogens is 1. The molecular weight excluding hydrogens is 270 g/mol. The van der Waals surface area contributed by atoms with Gasteiger partial charge in [-0.3, -0.25) is 0 Å². The molecule has 0 aliphatic heterocycles. The van der Waals surface area contributed by atoms with Gasteiger partial charge in [-0.1, -0.05) is 17.7 Å². The van der Waals surface area contributed by atoms with Crippen LogP contribution in [-0.2, 0) is 14.2 Å². The molecule has 0 aliphatic rings. The molecule has 0 spiro atoms. The van der Waals surface area contributed by atoms with E-state index in [-0.39, 0.29) is 17.9 Å². The first-order valence-corrected chi connectivity index (χ1v) is 6.32. The topological polar surface area (TPSA) is 70.8 Å². The van der Waals surface area contributed by atoms with Crippen LogP contribution in [0.4, 0.5) is 5.69 Å². The summed E-state index contributed by atoms with van der Waals surface area (Å²) < 4.78 is 15.2. The van der Waals surface area contributed by atoms with Gasteiger partial charge in [0.05, 0.1) is 36.1 Å². The largest absolute Gasteiger partial charge is 0.462 e. The predicted molar refractivity (Wildman–Crippen MR) is 73.5 cm³/mol. The van der Waals surface area contributed by atoms with Gasteiger partial charge in [0, 0.05) is 20.1 Å². The van der Waals surface area contributed by atoms with Gasteiger partial charge in [-0.05, 0) is 12.1 Å². The number of nitrogen functional groups attached to an aromatic ring is 1. The maximum absolute atomic E-state index is 11.7. The third-order valence-electron chi connectivity index (χ3n) is 2.37. The van der Waals surface area contributed by atoms with Crippen molar-refractivity contribution in [1.29, 1.82) is 0 Å². The Hall–Kier alpha value is -1.30. The fraction of sp³-hybridized carbons (Fsp3) is 0.462. The van der Waals surface area contributed by atoms with Crippen molar-refractivity contribution in [3.8, 4) is 0 Å². The molecule has 5 nitrogen and oxygen atoms in total. The molecule has 0 bridgehead atoms. The Labute approximate surface area is 117 Å². The second-order valence-electron chi connectivity index (χ2n) is 3.80. The Morgan fingerprint density at radius 3 is 2.79 bits per heavy atom. The number of anilines is 1. The van der Waals surface area contributed by atoms with Crippen LogP contribution in [0.3, 0.4) is 0 Å². The van der Waals surface area contributed by atoms with Crippen molar-refractivity contribution in [3.05, 3.63) is 28.8 Å². The van der Waals surface area contributed by atoms with Gasteiger partial charge in [0.15, 0.2) is 0 Å². The summed E-state index contributed by atoms with van der Waals surface area (Å²) >= 11 is 5.83. The van der Waals surface area contributed by atoms with E-state index in [1.807, 2.05) is 0 Å². The van der Waals surface area contributed by atoms with Crippen LogP contribution in [0.2, 0.25) is 5.02 Å². The van der Waals surface area contributed by atoms with Crippen molar-refractivity contribution in [1.82, 2.24) is 0 Å². The SMILES string of the molecule is COCCOCCCOC(=O)c1cccc(Cl)c1N. The number of benzene rings is 1. The van der Waals surface area contributed by atoms with Crippen LogP contribution in [-0.4, -0.2) is 39.5 Å². The summed E-state index contributed by atoms with van der Waals surface area (Å²) in [5.74, 6) is -0.475. The molecule has 2 N–H and O–H groups in total. The molecule has 0 fully saturated rings. The Kier molecular flexibility index (Phi) is 7.25. The highest BCUT2D eigenvalue weighted by Gasteiger charge is 2.12. The van der Waals surface area contributed by atoms with E-state index in [1.54, 1.807) is 25.3 Å². The van der Waals surface area contributed by atoms with Crippen molar-refractivity contribution in [2.45, 2.75) is 6.42 Å². The zero-order valence-electron chi connectivity index (χ0n) is 10.9. The van der Waals surface area contributed by atoms with Crippen LogP contribution in [0, 0.1) is 0 Å². The molecule has 19 heavy (non-hydrogen) atoms. The molecule has 0 saturated heterocycles. The normalized spacial score (nSPS) is 10.4. The minimum absolute atomic E-state index is 0.241. The summed E-state index contributed by atoms with van der Waals surface area (Å²) in [5, 5.41) is 0.345. The molecule has 6 heteroatoms. The number of rotatable bonds is 8. The predicted octanol–water partition coefficient (Wildman–Crippen LogP) is 2.13. The van der Waals surface area contributed by atoms with Crippen molar-refractivity contribution in [3.63, 3.8) is 0 Å². The van der Waals surface area contributed by atoms with Crippen LogP contribution < -0.4 is 5.73 Å². The van der Waals surface area contributed by atoms with E-state index < -0.39 is 5.97 Å². The van der Waals surface area contributed by atoms with Crippen molar-refractivity contribution in [2.75, 3.05) is 39.3 Å². The van der Waals surface area contributed by atoms with E-state index in [0.717, 1.165) is 0 Å². The Morgan fingerprint density at radius 2 is 2.05 bits per heavy atom. The van der Waals surface area contributed by atoms with Gasteiger partial charge in [0.25, 0.3) is 0 Å². The number of carbonyl (C=O) groups excluding carboxylic acids is 1. The fourth-order valence-electron chi connectivity index (χ4n) is 1.36. The maximum atomic E-state index is 11.7. The first kappa shape index (κ1) is 15.8. The van der Waals surface area contributed by atoms with Crippen LogP contribution >= 0.6 is 11.6 Å². The summed E-state index contributed by atoms with van der Waals surface area (Å²) in [4.78, 5) is 11.7. The van der Waals surface area contributed by atoms with Crippen LogP contribution in [0.15, 0.2) is 18.2 Å². The van der Waals surface area contributed by atoms with Gasteiger partial charge in [-0.2, -0.15) is 0 Å². The number of nitrogens with two attached hydrogens (primary N) is 1. The average molecular weight is 288 g/mol. The van der Waals surface area contributed by atoms with Crippen molar-refractivity contribution >= 4 is 23.3 Å². The van der Waals surface area contributed by atoms with E-state index in [2.05, 4.69) is 0 Å². The molecule has 0 atom stereocenters. The monoisotopic (exact) mass is 287 g/mol. The first-order valence-electron chi connectivity index (χ1n) is 5.94. The van der Waals surface area contributed by atoms with Crippen LogP contribution in [0.5, 0.6) is 0 Å². The second kappa shape index (κ2) is 8.74. The molecule has 0 aliphatic carbocycles. The Balaban J connectivity index is 2.26. The second-order valence-corrected chi connectivity index (χ2v) is 4.20. The van der Waals surface area contributed by atoms with Crippen molar-refractivity contribution in [2.24, 2.45) is 0 Å². The highest BCUT2D eigenvalue weighted by Crippen LogP contribution is 2.22. The fourth-order valence-corrected chi connectivity index (χ4v) is 1.54. The molecule has 1 aromatic rings. The summed E-state index contributed by atoms with van der Waals surface area (Å²) in [5.41, 5.74) is 6.22. The number of methoxy groups -OCH3 is 1. The standard InChI is InChI=1S/C13H18ClNO4/c1-17-8-9-18-6-3-7-19-13(16)10-4-2-5-11(14)12(10)15/h2,4-5H,3,6-9,15H2,1H3. The molecule has 106 valence electrons. The quantitative estimate of drug-likeness (QED) is 0.450. The maximum Gasteiger partial charge on any atom is 0.340 e. The number of hydrogen-bond donors (Lipinski definition) is 1. The molecule has 0 unspecified atom stereocenters. The lowest BCUT2D eigenvalue weighted by atomic mass is 10.2. The molecule has 1 rings (SSSR count).